The van der Waals surface area contributed by atoms with Crippen molar-refractivity contribution < 1.29 is 9.90 Å². The highest BCUT2D eigenvalue weighted by atomic mass is 16.4. The fourth-order valence-corrected chi connectivity index (χ4v) is 2.47. The summed E-state index contributed by atoms with van der Waals surface area (Å²) in [6.07, 6.45) is 3.38. The van der Waals surface area contributed by atoms with E-state index in [2.05, 4.69) is 23.8 Å². The Morgan fingerprint density at radius 3 is 2.63 bits per heavy atom. The topological polar surface area (TPSA) is 58.4 Å². The molecule has 0 bridgehead atoms. The number of carbonyl (C=O) groups is 1. The molecule has 1 aromatic rings. The second-order valence-corrected chi connectivity index (χ2v) is 5.82. The Balaban J connectivity index is 2.33. The minimum absolute atomic E-state index is 0.359. The molecule has 0 atom stereocenters. The summed E-state index contributed by atoms with van der Waals surface area (Å²) >= 11 is 0. The Bertz CT molecular complexity index is 475. The van der Waals surface area contributed by atoms with Gasteiger partial charge in [-0.3, -0.25) is 4.68 Å². The van der Waals surface area contributed by atoms with Gasteiger partial charge in [-0.2, -0.15) is 5.10 Å². The van der Waals surface area contributed by atoms with Gasteiger partial charge in [0.2, 0.25) is 0 Å². The first kappa shape index (κ1) is 13.9. The second-order valence-electron chi connectivity index (χ2n) is 5.82. The molecular formula is C14H23N3O2. The molecule has 5 nitrogen and oxygen atoms in total. The third-order valence-electron chi connectivity index (χ3n) is 3.61. The van der Waals surface area contributed by atoms with Gasteiger partial charge in [-0.05, 0) is 32.1 Å². The van der Waals surface area contributed by atoms with E-state index >= 15 is 0 Å². The molecule has 0 aromatic carbocycles. The molecule has 0 saturated heterocycles. The molecule has 1 aromatic heterocycles. The molecule has 106 valence electrons. The van der Waals surface area contributed by atoms with Gasteiger partial charge in [0.05, 0.1) is 5.69 Å². The zero-order valence-electron chi connectivity index (χ0n) is 12.2. The third kappa shape index (κ3) is 2.91. The van der Waals surface area contributed by atoms with Gasteiger partial charge in [-0.25, -0.2) is 4.79 Å². The lowest BCUT2D eigenvalue weighted by Gasteiger charge is -2.26. The fraction of sp³-hybridized carbons (Fsp3) is 0.714. The zero-order chi connectivity index (χ0) is 14.2. The molecule has 1 saturated carbocycles. The summed E-state index contributed by atoms with van der Waals surface area (Å²) in [6, 6.07) is 0.492. The molecular weight excluding hydrogens is 242 g/mol. The van der Waals surface area contributed by atoms with Crippen molar-refractivity contribution >= 4 is 11.8 Å². The number of aromatic carboxylic acids is 1. The van der Waals surface area contributed by atoms with Crippen LogP contribution in [0.4, 0.5) is 5.82 Å². The Hall–Kier alpha value is -1.52. The van der Waals surface area contributed by atoms with E-state index in [0.29, 0.717) is 23.2 Å². The maximum Gasteiger partial charge on any atom is 0.341 e. The maximum absolute atomic E-state index is 11.5. The summed E-state index contributed by atoms with van der Waals surface area (Å²) in [7, 11) is 1.83. The number of aryl methyl sites for hydroxylation is 2. The van der Waals surface area contributed by atoms with Gasteiger partial charge in [-0.1, -0.05) is 13.8 Å². The van der Waals surface area contributed by atoms with Crippen LogP contribution in [0.2, 0.25) is 0 Å². The van der Waals surface area contributed by atoms with Crippen LogP contribution in [0.1, 0.15) is 49.2 Å². The molecule has 1 heterocycles. The number of rotatable bonds is 6. The number of hydrogen-bond acceptors (Lipinski definition) is 3. The molecule has 1 N–H and O–H groups in total. The maximum atomic E-state index is 11.5. The predicted molar refractivity (Wildman–Crippen MR) is 74.7 cm³/mol. The lowest BCUT2D eigenvalue weighted by Crippen LogP contribution is -2.31. The predicted octanol–water partition coefficient (Wildman–Crippen LogP) is 2.44. The van der Waals surface area contributed by atoms with Crippen molar-refractivity contribution in [3.8, 4) is 0 Å². The van der Waals surface area contributed by atoms with E-state index in [-0.39, 0.29) is 0 Å². The van der Waals surface area contributed by atoms with Gasteiger partial charge in [0, 0.05) is 19.6 Å². The monoisotopic (exact) mass is 265 g/mol. The van der Waals surface area contributed by atoms with Gasteiger partial charge in [-0.15, -0.1) is 0 Å². The van der Waals surface area contributed by atoms with Crippen molar-refractivity contribution in [1.82, 2.24) is 9.78 Å². The van der Waals surface area contributed by atoms with Crippen LogP contribution in [0.25, 0.3) is 0 Å². The van der Waals surface area contributed by atoms with E-state index in [0.717, 1.165) is 31.6 Å². The molecule has 2 rings (SSSR count). The van der Waals surface area contributed by atoms with Crippen LogP contribution >= 0.6 is 0 Å². The average molecular weight is 265 g/mol. The molecule has 0 amide bonds. The summed E-state index contributed by atoms with van der Waals surface area (Å²) in [6.45, 7) is 7.05. The Morgan fingerprint density at radius 2 is 2.16 bits per heavy atom. The van der Waals surface area contributed by atoms with Gasteiger partial charge in [0.15, 0.2) is 0 Å². The van der Waals surface area contributed by atoms with Crippen LogP contribution in [-0.4, -0.2) is 33.4 Å². The van der Waals surface area contributed by atoms with E-state index in [1.54, 1.807) is 11.6 Å². The summed E-state index contributed by atoms with van der Waals surface area (Å²) in [5.41, 5.74) is 0.957. The number of carboxylic acid groups (broad SMARTS) is 1. The van der Waals surface area contributed by atoms with E-state index in [1.807, 2.05) is 7.05 Å². The first-order valence-electron chi connectivity index (χ1n) is 6.95. The standard InChI is InChI=1S/C14H23N3O2/c1-9(2)7-8-17(11-5-6-11)13-12(14(18)19)10(3)15-16(13)4/h9,11H,5-8H2,1-4H3,(H,18,19). The SMILES string of the molecule is Cc1nn(C)c(N(CCC(C)C)C2CC2)c1C(=O)O. The lowest BCUT2D eigenvalue weighted by molar-refractivity contribution is 0.0696. The van der Waals surface area contributed by atoms with Crippen LogP contribution in [0.3, 0.4) is 0 Å². The molecule has 0 aliphatic heterocycles. The van der Waals surface area contributed by atoms with Crippen molar-refractivity contribution in [2.45, 2.75) is 46.1 Å². The molecule has 1 fully saturated rings. The van der Waals surface area contributed by atoms with Gasteiger partial charge in [0.25, 0.3) is 0 Å². The van der Waals surface area contributed by atoms with Crippen molar-refractivity contribution in [1.29, 1.82) is 0 Å². The van der Waals surface area contributed by atoms with Crippen molar-refractivity contribution in [3.05, 3.63) is 11.3 Å². The second kappa shape index (κ2) is 5.23. The smallest absolute Gasteiger partial charge is 0.341 e. The molecule has 0 spiro atoms. The summed E-state index contributed by atoms with van der Waals surface area (Å²) in [4.78, 5) is 13.7. The highest BCUT2D eigenvalue weighted by molar-refractivity contribution is 5.95. The highest BCUT2D eigenvalue weighted by Crippen LogP contribution is 2.34. The van der Waals surface area contributed by atoms with Crippen molar-refractivity contribution in [2.75, 3.05) is 11.4 Å². The minimum atomic E-state index is -0.879. The molecule has 0 unspecified atom stereocenters. The number of hydrogen-bond donors (Lipinski definition) is 1. The normalized spacial score (nSPS) is 15.0. The molecule has 5 heteroatoms. The van der Waals surface area contributed by atoms with E-state index < -0.39 is 5.97 Å². The average Bonchev–Trinajstić information content (AvgIpc) is 3.06. The molecule has 1 aliphatic rings. The summed E-state index contributed by atoms with van der Waals surface area (Å²) in [5.74, 6) is 0.507. The highest BCUT2D eigenvalue weighted by Gasteiger charge is 2.34. The minimum Gasteiger partial charge on any atom is -0.477 e. The molecule has 0 radical (unpaired) electrons. The first-order valence-corrected chi connectivity index (χ1v) is 6.95. The Labute approximate surface area is 114 Å². The van der Waals surface area contributed by atoms with Crippen LogP contribution in [0.5, 0.6) is 0 Å². The Kier molecular flexibility index (Phi) is 3.83. The summed E-state index contributed by atoms with van der Waals surface area (Å²) < 4.78 is 1.72. The number of aromatic nitrogens is 2. The largest absolute Gasteiger partial charge is 0.477 e. The van der Waals surface area contributed by atoms with Gasteiger partial charge in [0.1, 0.15) is 11.4 Å². The van der Waals surface area contributed by atoms with E-state index in [1.165, 1.54) is 0 Å². The Morgan fingerprint density at radius 1 is 1.53 bits per heavy atom. The van der Waals surface area contributed by atoms with Gasteiger partial charge < -0.3 is 10.0 Å². The quantitative estimate of drug-likeness (QED) is 0.858. The van der Waals surface area contributed by atoms with Crippen molar-refractivity contribution in [3.63, 3.8) is 0 Å². The number of nitrogens with zero attached hydrogens (tertiary/aromatic N) is 3. The molecule has 1 aliphatic carbocycles. The van der Waals surface area contributed by atoms with Crippen LogP contribution in [-0.2, 0) is 7.05 Å². The van der Waals surface area contributed by atoms with Crippen LogP contribution in [0.15, 0.2) is 0 Å². The van der Waals surface area contributed by atoms with Gasteiger partial charge >= 0.3 is 5.97 Å². The number of carboxylic acids is 1. The lowest BCUT2D eigenvalue weighted by atomic mass is 10.1. The number of anilines is 1. The fourth-order valence-electron chi connectivity index (χ4n) is 2.47. The zero-order valence-corrected chi connectivity index (χ0v) is 12.2. The first-order chi connectivity index (χ1) is 8.91. The van der Waals surface area contributed by atoms with E-state index in [4.69, 9.17) is 0 Å². The molecule has 19 heavy (non-hydrogen) atoms. The van der Waals surface area contributed by atoms with Crippen LogP contribution < -0.4 is 4.90 Å². The van der Waals surface area contributed by atoms with Crippen LogP contribution in [0, 0.1) is 12.8 Å². The summed E-state index contributed by atoms with van der Waals surface area (Å²) in [5, 5.41) is 13.7. The van der Waals surface area contributed by atoms with Crippen molar-refractivity contribution in [2.24, 2.45) is 13.0 Å². The third-order valence-corrected chi connectivity index (χ3v) is 3.61. The van der Waals surface area contributed by atoms with E-state index in [9.17, 15) is 9.90 Å².